The van der Waals surface area contributed by atoms with Crippen LogP contribution in [0.2, 0.25) is 0 Å². The first-order valence-electron chi connectivity index (χ1n) is 6.73. The Morgan fingerprint density at radius 1 is 1.58 bits per heavy atom. The van der Waals surface area contributed by atoms with E-state index >= 15 is 0 Å². The molecule has 0 saturated carbocycles. The van der Waals surface area contributed by atoms with Gasteiger partial charge in [-0.2, -0.15) is 0 Å². The molecule has 2 rings (SSSR count). The molecule has 0 aromatic carbocycles. The van der Waals surface area contributed by atoms with Crippen LogP contribution in [0.15, 0.2) is 10.6 Å². The standard InChI is InChI=1S/C13H21N3O3/c1-16-6-4-10(5-7-16)9-14-12(17)3-2-11-8-13(18)15-19-11/h8,10H,2-7,9H2,1H3,(H,14,17)(H,15,18). The summed E-state index contributed by atoms with van der Waals surface area (Å²) in [6.45, 7) is 2.98. The van der Waals surface area contributed by atoms with Crippen molar-refractivity contribution in [1.29, 1.82) is 0 Å². The van der Waals surface area contributed by atoms with Crippen molar-refractivity contribution in [2.75, 3.05) is 26.7 Å². The first-order valence-corrected chi connectivity index (χ1v) is 6.73. The summed E-state index contributed by atoms with van der Waals surface area (Å²) in [5.74, 6) is 1.01. The van der Waals surface area contributed by atoms with Crippen LogP contribution < -0.4 is 5.32 Å². The molecule has 1 aliphatic heterocycles. The van der Waals surface area contributed by atoms with E-state index in [-0.39, 0.29) is 11.8 Å². The molecule has 19 heavy (non-hydrogen) atoms. The summed E-state index contributed by atoms with van der Waals surface area (Å²) in [4.78, 5) is 14.0. The number of nitrogens with zero attached hydrogens (tertiary/aromatic N) is 2. The van der Waals surface area contributed by atoms with E-state index in [0.29, 0.717) is 24.5 Å². The number of hydrogen-bond donors (Lipinski definition) is 2. The largest absolute Gasteiger partial charge is 0.491 e. The molecule has 106 valence electrons. The number of likely N-dealkylation sites (tertiary alicyclic amines) is 1. The lowest BCUT2D eigenvalue weighted by atomic mass is 9.97. The van der Waals surface area contributed by atoms with Crippen molar-refractivity contribution in [2.45, 2.75) is 25.7 Å². The molecule has 2 N–H and O–H groups in total. The van der Waals surface area contributed by atoms with Gasteiger partial charge in [-0.1, -0.05) is 0 Å². The van der Waals surface area contributed by atoms with Gasteiger partial charge in [0.25, 0.3) is 5.88 Å². The molecule has 1 amide bonds. The molecule has 0 bridgehead atoms. The quantitative estimate of drug-likeness (QED) is 0.824. The molecule has 6 nitrogen and oxygen atoms in total. The molecule has 0 unspecified atom stereocenters. The van der Waals surface area contributed by atoms with Crippen LogP contribution in [0.5, 0.6) is 5.88 Å². The van der Waals surface area contributed by atoms with Crippen LogP contribution in [0.25, 0.3) is 0 Å². The Morgan fingerprint density at radius 2 is 2.32 bits per heavy atom. The van der Waals surface area contributed by atoms with Crippen molar-refractivity contribution < 1.29 is 14.4 Å². The van der Waals surface area contributed by atoms with Crippen molar-refractivity contribution >= 4 is 5.91 Å². The number of hydrogen-bond acceptors (Lipinski definition) is 5. The van der Waals surface area contributed by atoms with Crippen LogP contribution >= 0.6 is 0 Å². The number of aryl methyl sites for hydroxylation is 1. The fourth-order valence-corrected chi connectivity index (χ4v) is 2.27. The van der Waals surface area contributed by atoms with Crippen molar-refractivity contribution in [3.8, 4) is 5.88 Å². The number of nitrogens with one attached hydrogen (secondary N) is 1. The number of carbonyl (C=O) groups is 1. The molecule has 0 aliphatic carbocycles. The Labute approximate surface area is 112 Å². The second-order valence-corrected chi connectivity index (χ2v) is 5.20. The lowest BCUT2D eigenvalue weighted by Crippen LogP contribution is -2.36. The average Bonchev–Trinajstić information content (AvgIpc) is 2.81. The van der Waals surface area contributed by atoms with Gasteiger partial charge in [0.2, 0.25) is 5.91 Å². The van der Waals surface area contributed by atoms with Gasteiger partial charge in [0.05, 0.1) is 0 Å². The third kappa shape index (κ3) is 4.55. The van der Waals surface area contributed by atoms with Crippen LogP contribution in [0, 0.1) is 5.92 Å². The Kier molecular flexibility index (Phi) is 4.79. The average molecular weight is 267 g/mol. The highest BCUT2D eigenvalue weighted by Gasteiger charge is 2.17. The summed E-state index contributed by atoms with van der Waals surface area (Å²) in [5, 5.41) is 15.3. The Bertz CT molecular complexity index is 411. The molecule has 0 spiro atoms. The number of piperidine rings is 1. The van der Waals surface area contributed by atoms with E-state index in [9.17, 15) is 4.79 Å². The van der Waals surface area contributed by atoms with Gasteiger partial charge in [0.1, 0.15) is 5.76 Å². The van der Waals surface area contributed by atoms with E-state index < -0.39 is 0 Å². The van der Waals surface area contributed by atoms with Gasteiger partial charge in [-0.15, -0.1) is 0 Å². The van der Waals surface area contributed by atoms with Crippen molar-refractivity contribution in [3.63, 3.8) is 0 Å². The number of carbonyl (C=O) groups excluding carboxylic acids is 1. The topological polar surface area (TPSA) is 78.6 Å². The highest BCUT2D eigenvalue weighted by Crippen LogP contribution is 2.15. The molecule has 6 heteroatoms. The molecule has 1 aliphatic rings. The number of amides is 1. The monoisotopic (exact) mass is 267 g/mol. The summed E-state index contributed by atoms with van der Waals surface area (Å²) < 4.78 is 4.84. The highest BCUT2D eigenvalue weighted by atomic mass is 16.5. The number of aromatic nitrogens is 1. The van der Waals surface area contributed by atoms with Gasteiger partial charge in [0.15, 0.2) is 0 Å². The maximum absolute atomic E-state index is 11.7. The zero-order valence-corrected chi connectivity index (χ0v) is 11.3. The van der Waals surface area contributed by atoms with Crippen LogP contribution in [0.1, 0.15) is 25.0 Å². The minimum absolute atomic E-state index is 0.0230. The second-order valence-electron chi connectivity index (χ2n) is 5.20. The second kappa shape index (κ2) is 6.56. The predicted molar refractivity (Wildman–Crippen MR) is 69.7 cm³/mol. The maximum Gasteiger partial charge on any atom is 0.251 e. The SMILES string of the molecule is CN1CCC(CNC(=O)CCc2cc(O)no2)CC1. The number of rotatable bonds is 5. The van der Waals surface area contributed by atoms with E-state index in [0.717, 1.165) is 32.5 Å². The Balaban J connectivity index is 1.62. The minimum atomic E-state index is -0.137. The summed E-state index contributed by atoms with van der Waals surface area (Å²) in [6.07, 6.45) is 3.12. The Hall–Kier alpha value is -1.56. The van der Waals surface area contributed by atoms with Gasteiger partial charge < -0.3 is 19.8 Å². The van der Waals surface area contributed by atoms with E-state index in [1.165, 1.54) is 6.07 Å². The lowest BCUT2D eigenvalue weighted by Gasteiger charge is -2.28. The highest BCUT2D eigenvalue weighted by molar-refractivity contribution is 5.76. The minimum Gasteiger partial charge on any atom is -0.491 e. The van der Waals surface area contributed by atoms with Crippen LogP contribution in [-0.2, 0) is 11.2 Å². The van der Waals surface area contributed by atoms with Crippen molar-refractivity contribution in [1.82, 2.24) is 15.4 Å². The fraction of sp³-hybridized carbons (Fsp3) is 0.692. The lowest BCUT2D eigenvalue weighted by molar-refractivity contribution is -0.121. The molecule has 0 radical (unpaired) electrons. The zero-order chi connectivity index (χ0) is 13.7. The van der Waals surface area contributed by atoms with Gasteiger partial charge in [-0.05, 0) is 44.1 Å². The third-order valence-corrected chi connectivity index (χ3v) is 3.57. The van der Waals surface area contributed by atoms with Crippen LogP contribution in [0.4, 0.5) is 0 Å². The molecule has 0 atom stereocenters. The van der Waals surface area contributed by atoms with E-state index in [1.54, 1.807) is 0 Å². The Morgan fingerprint density at radius 3 is 2.95 bits per heavy atom. The molecule has 1 saturated heterocycles. The van der Waals surface area contributed by atoms with Crippen LogP contribution in [-0.4, -0.2) is 47.8 Å². The van der Waals surface area contributed by atoms with E-state index in [1.807, 2.05) is 0 Å². The molecule has 1 aromatic rings. The third-order valence-electron chi connectivity index (χ3n) is 3.57. The molecule has 2 heterocycles. The molecule has 1 fully saturated rings. The summed E-state index contributed by atoms with van der Waals surface area (Å²) in [7, 11) is 2.13. The summed E-state index contributed by atoms with van der Waals surface area (Å²) in [6, 6.07) is 1.43. The van der Waals surface area contributed by atoms with Crippen LogP contribution in [0.3, 0.4) is 0 Å². The summed E-state index contributed by atoms with van der Waals surface area (Å²) in [5.41, 5.74) is 0. The van der Waals surface area contributed by atoms with E-state index in [4.69, 9.17) is 9.63 Å². The summed E-state index contributed by atoms with van der Waals surface area (Å²) >= 11 is 0. The molecular weight excluding hydrogens is 246 g/mol. The van der Waals surface area contributed by atoms with Crippen molar-refractivity contribution in [3.05, 3.63) is 11.8 Å². The van der Waals surface area contributed by atoms with Gasteiger partial charge >= 0.3 is 0 Å². The first-order chi connectivity index (χ1) is 9.13. The predicted octanol–water partition coefficient (Wildman–Crippen LogP) is 0.771. The zero-order valence-electron chi connectivity index (χ0n) is 11.3. The van der Waals surface area contributed by atoms with Gasteiger partial charge in [-0.25, -0.2) is 0 Å². The smallest absolute Gasteiger partial charge is 0.251 e. The van der Waals surface area contributed by atoms with E-state index in [2.05, 4.69) is 22.4 Å². The fourth-order valence-electron chi connectivity index (χ4n) is 2.27. The first kappa shape index (κ1) is 13.9. The van der Waals surface area contributed by atoms with Crippen molar-refractivity contribution in [2.24, 2.45) is 5.92 Å². The van der Waals surface area contributed by atoms with Gasteiger partial charge in [0, 0.05) is 25.5 Å². The maximum atomic E-state index is 11.7. The van der Waals surface area contributed by atoms with Gasteiger partial charge in [-0.3, -0.25) is 4.79 Å². The molecule has 1 aromatic heterocycles. The molecular formula is C13H21N3O3. The normalized spacial score (nSPS) is 17.5. The number of aromatic hydroxyl groups is 1.